The van der Waals surface area contributed by atoms with Crippen LogP contribution in [0.4, 0.5) is 10.5 Å². The van der Waals surface area contributed by atoms with E-state index in [4.69, 9.17) is 42.7 Å². The smallest absolute Gasteiger partial charge is 0.408 e. The molecule has 7 atom stereocenters. The number of aromatic nitrogens is 1. The second-order valence-electron chi connectivity index (χ2n) is 22.4. The number of hydrogen-bond acceptors (Lipinski definition) is 19. The van der Waals surface area contributed by atoms with E-state index in [1.165, 1.54) is 23.8 Å². The minimum Gasteiger partial charge on any atom is -0.445 e. The Labute approximate surface area is 562 Å². The molecule has 534 valence electrons. The predicted octanol–water partition coefficient (Wildman–Crippen LogP) is 9.92. The van der Waals surface area contributed by atoms with Crippen molar-refractivity contribution in [1.29, 1.82) is 0 Å². The summed E-state index contributed by atoms with van der Waals surface area (Å²) in [5, 5.41) is 17.7. The van der Waals surface area contributed by atoms with Crippen LogP contribution in [0.25, 0.3) is 0 Å². The number of thiazole rings is 1. The van der Waals surface area contributed by atoms with Gasteiger partial charge in [-0.15, -0.1) is 17.1 Å². The molecule has 1 fully saturated rings. The first kappa shape index (κ1) is 87.8. The molecule has 4 rings (SSSR count). The van der Waals surface area contributed by atoms with Crippen LogP contribution in [0.1, 0.15) is 153 Å². The maximum atomic E-state index is 14.3. The zero-order valence-corrected chi connectivity index (χ0v) is 58.0. The molecule has 1 aliphatic carbocycles. The fourth-order valence-corrected chi connectivity index (χ4v) is 10.2. The third-order valence-electron chi connectivity index (χ3n) is 15.0. The van der Waals surface area contributed by atoms with Gasteiger partial charge in [0.2, 0.25) is 23.6 Å². The number of rotatable bonds is 42. The molecule has 5 N–H and O–H groups in total. The lowest BCUT2D eigenvalue weighted by molar-refractivity contribution is -0.143. The number of nitrogens with one attached hydrogen (secondary N) is 5. The number of allylic oxidation sites excluding steroid dienone is 3. The average Bonchev–Trinajstić information content (AvgIpc) is 1.73. The van der Waals surface area contributed by atoms with Gasteiger partial charge in [0.1, 0.15) is 36.5 Å². The minimum absolute atomic E-state index is 0. The summed E-state index contributed by atoms with van der Waals surface area (Å²) in [7, 11) is 5.22. The van der Waals surface area contributed by atoms with Crippen molar-refractivity contribution in [2.24, 2.45) is 17.8 Å². The van der Waals surface area contributed by atoms with Crippen LogP contribution in [-0.2, 0) is 79.9 Å². The number of ketones is 1. The molecule has 1 aliphatic heterocycles. The van der Waals surface area contributed by atoms with Crippen LogP contribution in [0.2, 0.25) is 0 Å². The lowest BCUT2D eigenvalue weighted by atomic mass is 9.89. The van der Waals surface area contributed by atoms with Crippen LogP contribution < -0.4 is 26.6 Å². The Morgan fingerprint density at radius 1 is 0.859 bits per heavy atom. The summed E-state index contributed by atoms with van der Waals surface area (Å²) >= 11 is 1.48. The summed E-state index contributed by atoms with van der Waals surface area (Å²) in [5.41, 5.74) is 4.74. The number of likely N-dealkylation sites (N-methyl/N-ethyl adjacent to an activating group) is 1. The van der Waals surface area contributed by atoms with Crippen molar-refractivity contribution in [2.75, 3.05) is 106 Å². The van der Waals surface area contributed by atoms with Crippen LogP contribution in [0, 0.1) is 17.8 Å². The van der Waals surface area contributed by atoms with Gasteiger partial charge in [-0.1, -0.05) is 87.4 Å². The van der Waals surface area contributed by atoms with E-state index in [1.807, 2.05) is 102 Å². The Hall–Kier alpha value is -6.21. The summed E-state index contributed by atoms with van der Waals surface area (Å²) < 4.78 is 39.5. The largest absolute Gasteiger partial charge is 0.445 e. The number of carbonyl (C=O) groups is 8. The maximum absolute atomic E-state index is 14.3. The molecule has 1 aromatic heterocycles. The third kappa shape index (κ3) is 36.3. The van der Waals surface area contributed by atoms with Gasteiger partial charge in [0.25, 0.3) is 0 Å². The number of carbonyl (C=O) groups excluding carboxylic acids is 8. The molecular formula is C68H126N8O15S. The van der Waals surface area contributed by atoms with Crippen LogP contribution in [0.5, 0.6) is 0 Å². The summed E-state index contributed by atoms with van der Waals surface area (Å²) in [4.78, 5) is 102. The number of anilines is 1. The van der Waals surface area contributed by atoms with Gasteiger partial charge in [0.05, 0.1) is 83.4 Å². The first-order chi connectivity index (χ1) is 43.7. The molecule has 0 spiro atoms. The van der Waals surface area contributed by atoms with Crippen molar-refractivity contribution in [3.63, 3.8) is 0 Å². The Morgan fingerprint density at radius 3 is 2.03 bits per heavy atom. The molecule has 0 saturated carbocycles. The highest BCUT2D eigenvalue weighted by atomic mass is 32.1. The lowest BCUT2D eigenvalue weighted by Crippen LogP contribution is -2.60. The molecule has 92 heavy (non-hydrogen) atoms. The molecule has 24 heteroatoms. The van der Waals surface area contributed by atoms with Crippen molar-refractivity contribution >= 4 is 66.1 Å². The van der Waals surface area contributed by atoms with Crippen LogP contribution in [0.3, 0.4) is 0 Å². The Bertz CT molecular complexity index is 2430. The molecule has 2 aliphatic rings. The van der Waals surface area contributed by atoms with Gasteiger partial charge < -0.3 is 74.2 Å². The molecule has 5 amide bonds. The van der Waals surface area contributed by atoms with Crippen molar-refractivity contribution in [1.82, 2.24) is 36.1 Å². The number of Topliss-reactive ketones (excluding diaryl/α,β-unsaturated/α-hetero) is 1. The highest BCUT2D eigenvalue weighted by Gasteiger charge is 2.42. The second-order valence-corrected chi connectivity index (χ2v) is 23.4. The predicted molar refractivity (Wildman–Crippen MR) is 374 cm³/mol. The Morgan fingerprint density at radius 2 is 1.49 bits per heavy atom. The first-order valence-corrected chi connectivity index (χ1v) is 32.7. The number of alkyl carbamates (subject to hydrolysis) is 1. The number of methoxy groups -OCH3 is 2. The molecule has 0 bridgehead atoms. The van der Waals surface area contributed by atoms with Gasteiger partial charge in [-0.3, -0.25) is 28.9 Å². The number of amides is 5. The molecular weight excluding hydrogens is 1200 g/mol. The van der Waals surface area contributed by atoms with E-state index in [1.54, 1.807) is 34.3 Å². The van der Waals surface area contributed by atoms with Gasteiger partial charge in [0, 0.05) is 96.3 Å². The Balaban J connectivity index is -0.000000778. The molecule has 2 aromatic rings. The standard InChI is InChI=1S/C56H94N8O13S.C7H8.C2H6.2CH2O.CH4.5H2/c1-12-40(4)51(47(71-10)35-50(67)64-25-13-15-46(64)52(72-11)42(6)53(68)60-36-49-59-24-34-78-49)63(9)37-45(39(2)3)61-54(69)56(7,8)62-55(70)77-38-43-16-18-44(19-17-43)57-22-14-26-73-30-33-76-29-23-58-48(66)21-28-75-32-31-74-27-20-41(5)65;1-2-7-5-3-4-6-7;3*1-2;;;;;;/h16-19,24,34,39-40,42,45-47,51-52,57H,12-15,20-23,25-33,35-38H2,1-11H3,(H,58,66)(H,60,68)(H,61,69)(H,62,70);3,5-6H,2H2,1H3;1-2H3;2*1H2;1H4;5*1H/t40-,42+,45+,46-,47+,51-,52+;;;;;;;;;;/m0........../s1. The third-order valence-corrected chi connectivity index (χ3v) is 15.8. The zero-order valence-electron chi connectivity index (χ0n) is 57.2. The average molecular weight is 1330 g/mol. The maximum Gasteiger partial charge on any atom is 0.408 e. The van der Waals surface area contributed by atoms with Crippen LogP contribution >= 0.6 is 11.3 Å². The summed E-state index contributed by atoms with van der Waals surface area (Å²) in [5.74, 6) is -0.952. The quantitative estimate of drug-likeness (QED) is 0.0305. The second kappa shape index (κ2) is 53.2. The minimum atomic E-state index is -1.30. The monoisotopic (exact) mass is 1330 g/mol. The molecule has 23 nitrogen and oxygen atoms in total. The zero-order chi connectivity index (χ0) is 68.6. The van der Waals surface area contributed by atoms with E-state index in [9.17, 15) is 28.8 Å². The normalized spacial score (nSPS) is 14.9. The van der Waals surface area contributed by atoms with Crippen molar-refractivity contribution in [3.8, 4) is 0 Å². The number of likely N-dealkylation sites (tertiary alicyclic amines) is 1. The topological polar surface area (TPSA) is 281 Å². The van der Waals surface area contributed by atoms with Crippen LogP contribution in [-0.4, -0.2) is 200 Å². The van der Waals surface area contributed by atoms with Crippen molar-refractivity contribution in [2.45, 2.75) is 184 Å². The number of hydrogen-bond donors (Lipinski definition) is 5. The van der Waals surface area contributed by atoms with E-state index in [-0.39, 0.29) is 93.4 Å². The molecule has 0 unspecified atom stereocenters. The molecule has 1 aromatic carbocycles. The van der Waals surface area contributed by atoms with Crippen LogP contribution in [0.15, 0.2) is 65.4 Å². The van der Waals surface area contributed by atoms with Gasteiger partial charge in [-0.25, -0.2) is 9.78 Å². The van der Waals surface area contributed by atoms with Gasteiger partial charge in [0.15, 0.2) is 0 Å². The summed E-state index contributed by atoms with van der Waals surface area (Å²) in [6.45, 7) is 30.8. The fourth-order valence-electron chi connectivity index (χ4n) is 9.69. The Kier molecular flexibility index (Phi) is 50.8. The molecule has 1 saturated heterocycles. The molecule has 0 radical (unpaired) electrons. The number of benzene rings is 1. The van der Waals surface area contributed by atoms with Crippen molar-refractivity contribution in [3.05, 3.63) is 75.9 Å². The highest BCUT2D eigenvalue weighted by Crippen LogP contribution is 2.30. The van der Waals surface area contributed by atoms with E-state index in [0.717, 1.165) is 48.4 Å². The van der Waals surface area contributed by atoms with Gasteiger partial charge in [-0.05, 0) is 101 Å². The summed E-state index contributed by atoms with van der Waals surface area (Å²) in [6.07, 6.45) is 11.1. The van der Waals surface area contributed by atoms with E-state index in [2.05, 4.69) is 69.0 Å². The van der Waals surface area contributed by atoms with E-state index in [0.29, 0.717) is 92.0 Å². The van der Waals surface area contributed by atoms with Crippen molar-refractivity contribution < 1.29 is 78.6 Å². The fraction of sp³-hybridized carbons (Fsp3) is 0.676. The highest BCUT2D eigenvalue weighted by molar-refractivity contribution is 7.09. The van der Waals surface area contributed by atoms with Gasteiger partial charge >= 0.3 is 6.09 Å². The summed E-state index contributed by atoms with van der Waals surface area (Å²) in [6, 6.07) is 6.79. The molecule has 2 heterocycles. The van der Waals surface area contributed by atoms with Gasteiger partial charge in [-0.2, -0.15) is 0 Å². The number of nitrogens with zero attached hydrogens (tertiary/aromatic N) is 3. The SMILES string of the molecule is C.C=O.C=O.CC.CCC1=CC=C=C1.CC[C@H](C)[C@@H]([C@@H](CC(=O)N1CCC[C@H]1[C@H](OC)[C@@H](C)C(=O)NCc1nccs1)OC)N(C)C[C@@H](NC(=O)C(C)(C)NC(=O)OCc1ccc(NCCCOCCOCCNC(=O)CCOCCOCCC(C)=O)cc1)C(C)C.[HH].[HH].[HH].[HH].[HH]. The lowest BCUT2D eigenvalue weighted by Gasteiger charge is -2.41. The first-order valence-electron chi connectivity index (χ1n) is 31.8. The van der Waals surface area contributed by atoms with E-state index < -0.39 is 29.8 Å². The number of ether oxygens (including phenoxy) is 7. The van der Waals surface area contributed by atoms with E-state index >= 15 is 0 Å².